The fraction of sp³-hybridized carbons (Fsp3) is 0.500. The first-order valence-electron chi connectivity index (χ1n) is 6.81. The van der Waals surface area contributed by atoms with Crippen molar-refractivity contribution in [2.24, 2.45) is 0 Å². The lowest BCUT2D eigenvalue weighted by Gasteiger charge is -2.11. The van der Waals surface area contributed by atoms with Gasteiger partial charge in [0.25, 0.3) is 0 Å². The maximum atomic E-state index is 11.8. The molecule has 0 unspecified atom stereocenters. The zero-order valence-electron chi connectivity index (χ0n) is 12.4. The number of carbonyl (C=O) groups is 1. The van der Waals surface area contributed by atoms with Crippen molar-refractivity contribution in [2.75, 3.05) is 29.7 Å². The SMILES string of the molecule is CCCCS(=O)(=O)CCC(=O)Nc1ccc(N)cc1OC. The van der Waals surface area contributed by atoms with Crippen molar-refractivity contribution in [3.8, 4) is 5.75 Å². The van der Waals surface area contributed by atoms with Crippen molar-refractivity contribution in [1.82, 2.24) is 0 Å². The molecule has 0 saturated heterocycles. The number of anilines is 2. The minimum atomic E-state index is -3.17. The lowest BCUT2D eigenvalue weighted by Crippen LogP contribution is -2.19. The molecule has 0 spiro atoms. The molecule has 0 atom stereocenters. The van der Waals surface area contributed by atoms with E-state index in [2.05, 4.69) is 5.32 Å². The third-order valence-corrected chi connectivity index (χ3v) is 4.69. The summed E-state index contributed by atoms with van der Waals surface area (Å²) in [5, 5.41) is 2.63. The Hall–Kier alpha value is -1.76. The van der Waals surface area contributed by atoms with E-state index in [-0.39, 0.29) is 23.8 Å². The highest BCUT2D eigenvalue weighted by molar-refractivity contribution is 7.91. The predicted molar refractivity (Wildman–Crippen MR) is 84.2 cm³/mol. The van der Waals surface area contributed by atoms with Crippen molar-refractivity contribution < 1.29 is 17.9 Å². The van der Waals surface area contributed by atoms with Crippen LogP contribution in [0.4, 0.5) is 11.4 Å². The predicted octanol–water partition coefficient (Wildman–Crippen LogP) is 1.82. The van der Waals surface area contributed by atoms with Gasteiger partial charge < -0.3 is 15.8 Å². The molecule has 21 heavy (non-hydrogen) atoms. The number of nitrogens with one attached hydrogen (secondary N) is 1. The molecule has 0 aliphatic heterocycles. The first kappa shape index (κ1) is 17.3. The van der Waals surface area contributed by atoms with Gasteiger partial charge >= 0.3 is 0 Å². The zero-order valence-corrected chi connectivity index (χ0v) is 13.2. The Morgan fingerprint density at radius 1 is 1.33 bits per heavy atom. The number of ether oxygens (including phenoxy) is 1. The summed E-state index contributed by atoms with van der Waals surface area (Å²) in [4.78, 5) is 11.8. The van der Waals surface area contributed by atoms with Crippen LogP contribution in [0.5, 0.6) is 5.75 Å². The first-order valence-corrected chi connectivity index (χ1v) is 8.64. The van der Waals surface area contributed by atoms with Crippen LogP contribution in [0.1, 0.15) is 26.2 Å². The smallest absolute Gasteiger partial charge is 0.225 e. The van der Waals surface area contributed by atoms with Gasteiger partial charge in [0.1, 0.15) is 5.75 Å². The van der Waals surface area contributed by atoms with Crippen LogP contribution in [0, 0.1) is 0 Å². The van der Waals surface area contributed by atoms with Gasteiger partial charge in [-0.15, -0.1) is 0 Å². The molecule has 0 aromatic heterocycles. The quantitative estimate of drug-likeness (QED) is 0.713. The van der Waals surface area contributed by atoms with Crippen LogP contribution in [0.15, 0.2) is 18.2 Å². The fourth-order valence-electron chi connectivity index (χ4n) is 1.74. The number of hydrogen-bond donors (Lipinski definition) is 2. The minimum absolute atomic E-state index is 0.0699. The van der Waals surface area contributed by atoms with Crippen LogP contribution in [-0.2, 0) is 14.6 Å². The van der Waals surface area contributed by atoms with Crippen LogP contribution in [0.3, 0.4) is 0 Å². The standard InChI is InChI=1S/C14H22N2O4S/c1-3-4-8-21(18,19)9-7-14(17)16-12-6-5-11(15)10-13(12)20-2/h5-6,10H,3-4,7-9,15H2,1-2H3,(H,16,17). The van der Waals surface area contributed by atoms with E-state index in [1.54, 1.807) is 18.2 Å². The molecule has 0 aliphatic carbocycles. The van der Waals surface area contributed by atoms with E-state index in [9.17, 15) is 13.2 Å². The number of nitrogen functional groups attached to an aromatic ring is 1. The molecular formula is C14H22N2O4S. The Morgan fingerprint density at radius 2 is 2.05 bits per heavy atom. The van der Waals surface area contributed by atoms with Gasteiger partial charge in [0.15, 0.2) is 9.84 Å². The molecule has 1 aromatic rings. The highest BCUT2D eigenvalue weighted by Gasteiger charge is 2.14. The molecule has 0 radical (unpaired) electrons. The normalized spacial score (nSPS) is 11.1. The number of carbonyl (C=O) groups excluding carboxylic acids is 1. The summed E-state index contributed by atoms with van der Waals surface area (Å²) in [5.41, 5.74) is 6.62. The summed E-state index contributed by atoms with van der Waals surface area (Å²) < 4.78 is 28.5. The molecule has 3 N–H and O–H groups in total. The summed E-state index contributed by atoms with van der Waals surface area (Å²) in [6, 6.07) is 4.85. The van der Waals surface area contributed by atoms with E-state index in [0.29, 0.717) is 23.5 Å². The summed E-state index contributed by atoms with van der Waals surface area (Å²) in [6.07, 6.45) is 1.36. The molecule has 0 saturated carbocycles. The van der Waals surface area contributed by atoms with Gasteiger partial charge in [0, 0.05) is 18.2 Å². The second-order valence-electron chi connectivity index (χ2n) is 4.76. The van der Waals surface area contributed by atoms with Gasteiger partial charge in [0.05, 0.1) is 24.3 Å². The summed E-state index contributed by atoms with van der Waals surface area (Å²) in [7, 11) is -1.69. The summed E-state index contributed by atoms with van der Waals surface area (Å²) in [6.45, 7) is 1.93. The highest BCUT2D eigenvalue weighted by atomic mass is 32.2. The molecule has 118 valence electrons. The Bertz CT molecular complexity index is 585. The van der Waals surface area contributed by atoms with Gasteiger partial charge in [-0.25, -0.2) is 8.42 Å². The molecule has 6 nitrogen and oxygen atoms in total. The van der Waals surface area contributed by atoms with Crippen molar-refractivity contribution in [1.29, 1.82) is 0 Å². The van der Waals surface area contributed by atoms with Crippen molar-refractivity contribution in [2.45, 2.75) is 26.2 Å². The average molecular weight is 314 g/mol. The number of unbranched alkanes of at least 4 members (excludes halogenated alkanes) is 1. The average Bonchev–Trinajstić information content (AvgIpc) is 2.45. The molecule has 1 amide bonds. The number of nitrogens with two attached hydrogens (primary N) is 1. The summed E-state index contributed by atoms with van der Waals surface area (Å²) in [5.74, 6) is 0.0632. The summed E-state index contributed by atoms with van der Waals surface area (Å²) >= 11 is 0. The second kappa shape index (κ2) is 7.87. The number of amides is 1. The Balaban J connectivity index is 2.58. The molecule has 0 fully saturated rings. The number of rotatable bonds is 8. The van der Waals surface area contributed by atoms with Gasteiger partial charge in [-0.1, -0.05) is 13.3 Å². The Labute approximate surface area is 125 Å². The first-order chi connectivity index (χ1) is 9.88. The lowest BCUT2D eigenvalue weighted by molar-refractivity contribution is -0.115. The van der Waals surface area contributed by atoms with E-state index in [0.717, 1.165) is 6.42 Å². The van der Waals surface area contributed by atoms with Gasteiger partial charge in [-0.05, 0) is 18.6 Å². The van der Waals surface area contributed by atoms with Crippen molar-refractivity contribution in [3.05, 3.63) is 18.2 Å². The molecule has 0 aliphatic rings. The monoisotopic (exact) mass is 314 g/mol. The molecular weight excluding hydrogens is 292 g/mol. The maximum absolute atomic E-state index is 11.8. The molecule has 0 heterocycles. The highest BCUT2D eigenvalue weighted by Crippen LogP contribution is 2.26. The van der Waals surface area contributed by atoms with E-state index < -0.39 is 9.84 Å². The molecule has 0 bridgehead atoms. The second-order valence-corrected chi connectivity index (χ2v) is 7.07. The van der Waals surface area contributed by atoms with E-state index in [1.165, 1.54) is 7.11 Å². The number of methoxy groups -OCH3 is 1. The van der Waals surface area contributed by atoms with Crippen molar-refractivity contribution >= 4 is 27.1 Å². The topological polar surface area (TPSA) is 98.5 Å². The number of hydrogen-bond acceptors (Lipinski definition) is 5. The van der Waals surface area contributed by atoms with Crippen LogP contribution in [-0.4, -0.2) is 32.9 Å². The maximum Gasteiger partial charge on any atom is 0.225 e. The molecule has 1 aromatic carbocycles. The minimum Gasteiger partial charge on any atom is -0.494 e. The van der Waals surface area contributed by atoms with Crippen LogP contribution >= 0.6 is 0 Å². The zero-order chi connectivity index (χ0) is 15.9. The molecule has 1 rings (SSSR count). The van der Waals surface area contributed by atoms with Crippen LogP contribution in [0.2, 0.25) is 0 Å². The van der Waals surface area contributed by atoms with Crippen molar-refractivity contribution in [3.63, 3.8) is 0 Å². The Kier molecular flexibility index (Phi) is 6.48. The largest absolute Gasteiger partial charge is 0.494 e. The fourth-order valence-corrected chi connectivity index (χ4v) is 3.17. The third kappa shape index (κ3) is 6.03. The number of sulfone groups is 1. The van der Waals surface area contributed by atoms with Crippen LogP contribution in [0.25, 0.3) is 0 Å². The van der Waals surface area contributed by atoms with Crippen LogP contribution < -0.4 is 15.8 Å². The number of benzene rings is 1. The van der Waals surface area contributed by atoms with Gasteiger partial charge in [-0.2, -0.15) is 0 Å². The Morgan fingerprint density at radius 3 is 2.67 bits per heavy atom. The van der Waals surface area contributed by atoms with Gasteiger partial charge in [-0.3, -0.25) is 4.79 Å². The third-order valence-electron chi connectivity index (χ3n) is 2.95. The lowest BCUT2D eigenvalue weighted by atomic mass is 10.2. The molecule has 7 heteroatoms. The van der Waals surface area contributed by atoms with E-state index in [1.807, 2.05) is 6.92 Å². The van der Waals surface area contributed by atoms with Gasteiger partial charge in [0.2, 0.25) is 5.91 Å². The van der Waals surface area contributed by atoms with E-state index >= 15 is 0 Å². The van der Waals surface area contributed by atoms with E-state index in [4.69, 9.17) is 10.5 Å².